The molecule has 4 heteroatoms. The minimum Gasteiger partial charge on any atom is -0.395 e. The first-order valence-electron chi connectivity index (χ1n) is 4.90. The fourth-order valence-electron chi connectivity index (χ4n) is 1.36. The van der Waals surface area contributed by atoms with Crippen molar-refractivity contribution in [3.8, 4) is 0 Å². The van der Waals surface area contributed by atoms with Gasteiger partial charge < -0.3 is 15.5 Å². The molecule has 0 amide bonds. The maximum atomic E-state index is 8.94. The van der Waals surface area contributed by atoms with E-state index in [0.717, 1.165) is 5.56 Å². The zero-order chi connectivity index (χ0) is 11.3. The van der Waals surface area contributed by atoms with Gasteiger partial charge in [-0.1, -0.05) is 12.1 Å². The van der Waals surface area contributed by atoms with E-state index >= 15 is 0 Å². The van der Waals surface area contributed by atoms with Crippen LogP contribution in [0.15, 0.2) is 24.3 Å². The van der Waals surface area contributed by atoms with Crippen molar-refractivity contribution in [2.24, 2.45) is 0 Å². The van der Waals surface area contributed by atoms with Crippen molar-refractivity contribution >= 4 is 22.6 Å². The summed E-state index contributed by atoms with van der Waals surface area (Å²) in [4.78, 5) is 0. The zero-order valence-corrected chi connectivity index (χ0v) is 10.8. The largest absolute Gasteiger partial charge is 0.395 e. The normalized spacial score (nSPS) is 13.1. The van der Waals surface area contributed by atoms with Crippen LogP contribution in [-0.2, 0) is 0 Å². The van der Waals surface area contributed by atoms with Gasteiger partial charge in [-0.25, -0.2) is 0 Å². The molecule has 0 unspecified atom stereocenters. The summed E-state index contributed by atoms with van der Waals surface area (Å²) >= 11 is 2.26. The van der Waals surface area contributed by atoms with E-state index in [-0.39, 0.29) is 25.3 Å². The molecule has 3 nitrogen and oxygen atoms in total. The van der Waals surface area contributed by atoms with Crippen LogP contribution in [-0.4, -0.2) is 29.5 Å². The summed E-state index contributed by atoms with van der Waals surface area (Å²) in [6.07, 6.45) is 0. The van der Waals surface area contributed by atoms with Crippen LogP contribution in [0.4, 0.5) is 0 Å². The molecule has 0 aliphatic rings. The number of aliphatic hydroxyl groups excluding tert-OH is 2. The number of nitrogens with one attached hydrogen (secondary N) is 1. The van der Waals surface area contributed by atoms with Gasteiger partial charge in [-0.2, -0.15) is 0 Å². The average molecular weight is 321 g/mol. The van der Waals surface area contributed by atoms with Gasteiger partial charge in [-0.05, 0) is 47.2 Å². The summed E-state index contributed by atoms with van der Waals surface area (Å²) in [6, 6.07) is 8.06. The number of rotatable bonds is 5. The Morgan fingerprint density at radius 3 is 2.20 bits per heavy atom. The topological polar surface area (TPSA) is 52.5 Å². The van der Waals surface area contributed by atoms with E-state index < -0.39 is 0 Å². The minimum absolute atomic E-state index is 0.0504. The predicted octanol–water partition coefficient (Wildman–Crippen LogP) is 1.29. The average Bonchev–Trinajstić information content (AvgIpc) is 2.26. The monoisotopic (exact) mass is 321 g/mol. The third-order valence-electron chi connectivity index (χ3n) is 2.30. The third-order valence-corrected chi connectivity index (χ3v) is 3.02. The molecule has 1 aromatic carbocycles. The molecule has 0 bridgehead atoms. The van der Waals surface area contributed by atoms with Gasteiger partial charge >= 0.3 is 0 Å². The van der Waals surface area contributed by atoms with Gasteiger partial charge in [0.1, 0.15) is 0 Å². The fraction of sp³-hybridized carbons (Fsp3) is 0.455. The Morgan fingerprint density at radius 2 is 1.73 bits per heavy atom. The van der Waals surface area contributed by atoms with Crippen LogP contribution in [0, 0.1) is 3.57 Å². The molecule has 0 spiro atoms. The molecule has 1 rings (SSSR count). The molecule has 15 heavy (non-hydrogen) atoms. The highest BCUT2D eigenvalue weighted by Crippen LogP contribution is 2.14. The van der Waals surface area contributed by atoms with Gasteiger partial charge in [0.2, 0.25) is 0 Å². The van der Waals surface area contributed by atoms with Gasteiger partial charge in [0.25, 0.3) is 0 Å². The first kappa shape index (κ1) is 12.9. The van der Waals surface area contributed by atoms with E-state index in [1.54, 1.807) is 0 Å². The Labute approximate surface area is 104 Å². The summed E-state index contributed by atoms with van der Waals surface area (Å²) in [5.41, 5.74) is 1.15. The Morgan fingerprint density at radius 1 is 1.20 bits per heavy atom. The molecule has 1 atom stereocenters. The summed E-state index contributed by atoms with van der Waals surface area (Å²) in [7, 11) is 0. The molecule has 0 saturated heterocycles. The van der Waals surface area contributed by atoms with Crippen molar-refractivity contribution in [3.05, 3.63) is 33.4 Å². The van der Waals surface area contributed by atoms with Crippen molar-refractivity contribution in [1.82, 2.24) is 5.32 Å². The molecule has 3 N–H and O–H groups in total. The molecule has 0 aliphatic carbocycles. The lowest BCUT2D eigenvalue weighted by Gasteiger charge is -2.20. The second-order valence-corrected chi connectivity index (χ2v) is 4.75. The molecular weight excluding hydrogens is 305 g/mol. The predicted molar refractivity (Wildman–Crippen MR) is 68.7 cm³/mol. The highest BCUT2D eigenvalue weighted by Gasteiger charge is 2.11. The Kier molecular flexibility index (Phi) is 5.52. The molecule has 0 radical (unpaired) electrons. The van der Waals surface area contributed by atoms with Gasteiger partial charge in [0.15, 0.2) is 0 Å². The maximum Gasteiger partial charge on any atom is 0.0607 e. The van der Waals surface area contributed by atoms with Crippen LogP contribution < -0.4 is 5.32 Å². The quantitative estimate of drug-likeness (QED) is 0.717. The van der Waals surface area contributed by atoms with E-state index in [1.165, 1.54) is 3.57 Å². The molecule has 84 valence electrons. The van der Waals surface area contributed by atoms with Crippen molar-refractivity contribution < 1.29 is 10.2 Å². The van der Waals surface area contributed by atoms with E-state index in [0.29, 0.717) is 0 Å². The summed E-state index contributed by atoms with van der Waals surface area (Å²) in [5, 5.41) is 21.0. The maximum absolute atomic E-state index is 8.94. The molecule has 0 aliphatic heterocycles. The van der Waals surface area contributed by atoms with Crippen LogP contribution in [0.3, 0.4) is 0 Å². The Balaban J connectivity index is 2.60. The van der Waals surface area contributed by atoms with E-state index in [1.807, 2.05) is 31.2 Å². The van der Waals surface area contributed by atoms with Crippen LogP contribution in [0.5, 0.6) is 0 Å². The second kappa shape index (κ2) is 6.42. The van der Waals surface area contributed by atoms with Crippen molar-refractivity contribution in [1.29, 1.82) is 0 Å². The first-order chi connectivity index (χ1) is 7.17. The summed E-state index contributed by atoms with van der Waals surface area (Å²) in [5.74, 6) is 0. The zero-order valence-electron chi connectivity index (χ0n) is 8.65. The first-order valence-corrected chi connectivity index (χ1v) is 5.98. The minimum atomic E-state index is -0.251. The molecule has 0 heterocycles. The van der Waals surface area contributed by atoms with Crippen molar-refractivity contribution in [2.75, 3.05) is 13.2 Å². The van der Waals surface area contributed by atoms with E-state index in [2.05, 4.69) is 27.9 Å². The third kappa shape index (κ3) is 4.06. The smallest absolute Gasteiger partial charge is 0.0607 e. The van der Waals surface area contributed by atoms with Crippen LogP contribution in [0.25, 0.3) is 0 Å². The van der Waals surface area contributed by atoms with Crippen molar-refractivity contribution in [3.63, 3.8) is 0 Å². The summed E-state index contributed by atoms with van der Waals surface area (Å²) < 4.78 is 1.20. The van der Waals surface area contributed by atoms with E-state index in [4.69, 9.17) is 10.2 Å². The Hall–Kier alpha value is -0.170. The number of hydrogen-bond acceptors (Lipinski definition) is 3. The lowest BCUT2D eigenvalue weighted by Crippen LogP contribution is -2.37. The molecule has 0 aromatic heterocycles. The van der Waals surface area contributed by atoms with Gasteiger partial charge in [-0.15, -0.1) is 0 Å². The van der Waals surface area contributed by atoms with Gasteiger partial charge in [0, 0.05) is 9.61 Å². The van der Waals surface area contributed by atoms with Crippen molar-refractivity contribution in [2.45, 2.75) is 19.0 Å². The molecule has 1 aromatic rings. The standard InChI is InChI=1S/C11H16INO2/c1-8(13-11(6-14)7-15)9-2-4-10(12)5-3-9/h2-5,8,11,13-15H,6-7H2,1H3/t8-/m0/s1. The van der Waals surface area contributed by atoms with Gasteiger partial charge in [0.05, 0.1) is 19.3 Å². The van der Waals surface area contributed by atoms with Crippen LogP contribution in [0.2, 0.25) is 0 Å². The molecular formula is C11H16INO2. The van der Waals surface area contributed by atoms with E-state index in [9.17, 15) is 0 Å². The highest BCUT2D eigenvalue weighted by atomic mass is 127. The number of halogens is 1. The highest BCUT2D eigenvalue weighted by molar-refractivity contribution is 14.1. The fourth-order valence-corrected chi connectivity index (χ4v) is 1.72. The lowest BCUT2D eigenvalue weighted by atomic mass is 10.1. The number of hydrogen-bond donors (Lipinski definition) is 3. The number of aliphatic hydroxyl groups is 2. The number of benzene rings is 1. The van der Waals surface area contributed by atoms with Crippen LogP contribution >= 0.6 is 22.6 Å². The van der Waals surface area contributed by atoms with Crippen LogP contribution in [0.1, 0.15) is 18.5 Å². The SMILES string of the molecule is C[C@H](NC(CO)CO)c1ccc(I)cc1. The molecule has 0 fully saturated rings. The Bertz CT molecular complexity index is 285. The second-order valence-electron chi connectivity index (χ2n) is 3.50. The van der Waals surface area contributed by atoms with Gasteiger partial charge in [-0.3, -0.25) is 0 Å². The molecule has 0 saturated carbocycles. The lowest BCUT2D eigenvalue weighted by molar-refractivity contribution is 0.163. The summed E-state index contributed by atoms with van der Waals surface area (Å²) in [6.45, 7) is 1.91.